The predicted molar refractivity (Wildman–Crippen MR) is 83.8 cm³/mol. The third-order valence-electron chi connectivity index (χ3n) is 4.61. The molecule has 116 valence electrons. The second-order valence-corrected chi connectivity index (χ2v) is 8.23. The van der Waals surface area contributed by atoms with Crippen molar-refractivity contribution in [2.75, 3.05) is 13.6 Å². The summed E-state index contributed by atoms with van der Waals surface area (Å²) in [6.07, 6.45) is 6.66. The fraction of sp³-hybridized carbons (Fsp3) is 0.625. The van der Waals surface area contributed by atoms with Gasteiger partial charge < -0.3 is 5.32 Å². The Labute approximate surface area is 127 Å². The molecule has 4 nitrogen and oxygen atoms in total. The molecule has 2 saturated carbocycles. The highest BCUT2D eigenvalue weighted by molar-refractivity contribution is 7.89. The van der Waals surface area contributed by atoms with Gasteiger partial charge >= 0.3 is 0 Å². The minimum absolute atomic E-state index is 0.192. The molecular weight excluding hydrogens is 284 g/mol. The molecule has 5 heteroatoms. The molecule has 0 unspecified atom stereocenters. The van der Waals surface area contributed by atoms with E-state index in [-0.39, 0.29) is 6.04 Å². The Morgan fingerprint density at radius 2 is 1.81 bits per heavy atom. The molecule has 2 aliphatic carbocycles. The molecule has 21 heavy (non-hydrogen) atoms. The average Bonchev–Trinajstić information content (AvgIpc) is 3.21. The van der Waals surface area contributed by atoms with Gasteiger partial charge in [-0.15, -0.1) is 0 Å². The van der Waals surface area contributed by atoms with E-state index in [0.717, 1.165) is 38.3 Å². The standard InChI is InChI=1S/C16H24N2O2S/c1-18(15-3-2-4-15)21(19,20)16-9-5-13(6-10-16)11-12-17-14-7-8-14/h5-6,9-10,14-15,17H,2-4,7-8,11-12H2,1H3. The fourth-order valence-electron chi connectivity index (χ4n) is 2.65. The van der Waals surface area contributed by atoms with Crippen molar-refractivity contribution in [2.45, 2.75) is 55.5 Å². The van der Waals surface area contributed by atoms with E-state index in [2.05, 4.69) is 5.32 Å². The van der Waals surface area contributed by atoms with Crippen LogP contribution in [-0.2, 0) is 16.4 Å². The van der Waals surface area contributed by atoms with E-state index in [0.29, 0.717) is 4.90 Å². The van der Waals surface area contributed by atoms with Gasteiger partial charge in [-0.2, -0.15) is 4.31 Å². The van der Waals surface area contributed by atoms with Crippen LogP contribution in [0.15, 0.2) is 29.2 Å². The second kappa shape index (κ2) is 6.07. The first kappa shape index (κ1) is 15.0. The summed E-state index contributed by atoms with van der Waals surface area (Å²) in [5.41, 5.74) is 1.19. The maximum absolute atomic E-state index is 12.5. The summed E-state index contributed by atoms with van der Waals surface area (Å²) in [4.78, 5) is 0.413. The summed E-state index contributed by atoms with van der Waals surface area (Å²) >= 11 is 0. The summed E-state index contributed by atoms with van der Waals surface area (Å²) in [7, 11) is -1.62. The van der Waals surface area contributed by atoms with E-state index in [1.165, 1.54) is 18.4 Å². The first-order valence-electron chi connectivity index (χ1n) is 7.88. The van der Waals surface area contributed by atoms with E-state index in [4.69, 9.17) is 0 Å². The molecule has 0 amide bonds. The van der Waals surface area contributed by atoms with Gasteiger partial charge in [0.1, 0.15) is 0 Å². The Balaban J connectivity index is 1.61. The summed E-state index contributed by atoms with van der Waals surface area (Å²) in [6.45, 7) is 0.971. The molecule has 2 fully saturated rings. The smallest absolute Gasteiger partial charge is 0.243 e. The molecule has 1 aromatic rings. The maximum Gasteiger partial charge on any atom is 0.243 e. The first-order chi connectivity index (χ1) is 10.1. The van der Waals surface area contributed by atoms with Gasteiger partial charge in [-0.3, -0.25) is 0 Å². The van der Waals surface area contributed by atoms with Gasteiger partial charge in [0.05, 0.1) is 4.90 Å². The zero-order chi connectivity index (χ0) is 14.9. The van der Waals surface area contributed by atoms with Crippen molar-refractivity contribution in [1.82, 2.24) is 9.62 Å². The van der Waals surface area contributed by atoms with Gasteiger partial charge in [-0.25, -0.2) is 8.42 Å². The topological polar surface area (TPSA) is 49.4 Å². The van der Waals surface area contributed by atoms with Gasteiger partial charge in [0.25, 0.3) is 0 Å². The molecular formula is C16H24N2O2S. The minimum atomic E-state index is -3.32. The van der Waals surface area contributed by atoms with Gasteiger partial charge in [0.2, 0.25) is 10.0 Å². The van der Waals surface area contributed by atoms with Crippen LogP contribution in [0.1, 0.15) is 37.7 Å². The van der Waals surface area contributed by atoms with Crippen LogP contribution < -0.4 is 5.32 Å². The van der Waals surface area contributed by atoms with Crippen LogP contribution in [0.25, 0.3) is 0 Å². The maximum atomic E-state index is 12.5. The highest BCUT2D eigenvalue weighted by Gasteiger charge is 2.31. The number of sulfonamides is 1. The van der Waals surface area contributed by atoms with Crippen molar-refractivity contribution in [2.24, 2.45) is 0 Å². The number of hydrogen-bond acceptors (Lipinski definition) is 3. The van der Waals surface area contributed by atoms with Crippen molar-refractivity contribution < 1.29 is 8.42 Å². The monoisotopic (exact) mass is 308 g/mol. The summed E-state index contributed by atoms with van der Waals surface area (Å²) in [6, 6.07) is 8.29. The normalized spacial score (nSPS) is 19.7. The van der Waals surface area contributed by atoms with Crippen molar-refractivity contribution in [3.63, 3.8) is 0 Å². The third-order valence-corrected chi connectivity index (χ3v) is 6.54. The van der Waals surface area contributed by atoms with Gasteiger partial charge in [0.15, 0.2) is 0 Å². The molecule has 2 aliphatic rings. The summed E-state index contributed by atoms with van der Waals surface area (Å²) < 4.78 is 26.5. The third kappa shape index (κ3) is 3.47. The SMILES string of the molecule is CN(C1CCC1)S(=O)(=O)c1ccc(CCNC2CC2)cc1. The number of nitrogens with one attached hydrogen (secondary N) is 1. The van der Waals surface area contributed by atoms with E-state index in [9.17, 15) is 8.42 Å². The number of hydrogen-bond donors (Lipinski definition) is 1. The molecule has 1 N–H and O–H groups in total. The molecule has 0 saturated heterocycles. The second-order valence-electron chi connectivity index (χ2n) is 6.23. The molecule has 0 spiro atoms. The molecule has 0 bridgehead atoms. The quantitative estimate of drug-likeness (QED) is 0.840. The lowest BCUT2D eigenvalue weighted by atomic mass is 9.94. The van der Waals surface area contributed by atoms with Crippen molar-refractivity contribution >= 4 is 10.0 Å². The average molecular weight is 308 g/mol. The molecule has 0 heterocycles. The summed E-state index contributed by atoms with van der Waals surface area (Å²) in [5.74, 6) is 0. The predicted octanol–water partition coefficient (Wildman–Crippen LogP) is 2.15. The summed E-state index contributed by atoms with van der Waals surface area (Å²) in [5, 5.41) is 3.47. The van der Waals surface area contributed by atoms with Crippen molar-refractivity contribution in [3.05, 3.63) is 29.8 Å². The van der Waals surface area contributed by atoms with Gasteiger partial charge in [-0.05, 0) is 56.3 Å². The molecule has 3 rings (SSSR count). The Hall–Kier alpha value is -0.910. The van der Waals surface area contributed by atoms with Crippen LogP contribution in [0.4, 0.5) is 0 Å². The minimum Gasteiger partial charge on any atom is -0.314 e. The Morgan fingerprint density at radius 1 is 1.14 bits per heavy atom. The first-order valence-corrected chi connectivity index (χ1v) is 9.32. The fourth-order valence-corrected chi connectivity index (χ4v) is 4.06. The van der Waals surface area contributed by atoms with E-state index >= 15 is 0 Å². The lowest BCUT2D eigenvalue weighted by molar-refractivity contribution is 0.249. The molecule has 0 aromatic heterocycles. The molecule has 1 aromatic carbocycles. The van der Waals surface area contributed by atoms with E-state index in [1.54, 1.807) is 23.5 Å². The molecule has 0 atom stereocenters. The van der Waals surface area contributed by atoms with Crippen LogP contribution >= 0.6 is 0 Å². The van der Waals surface area contributed by atoms with Crippen molar-refractivity contribution in [3.8, 4) is 0 Å². The Morgan fingerprint density at radius 3 is 2.33 bits per heavy atom. The van der Waals surface area contributed by atoms with Crippen LogP contribution in [0.3, 0.4) is 0 Å². The Kier molecular flexibility index (Phi) is 4.33. The van der Waals surface area contributed by atoms with Gasteiger partial charge in [-0.1, -0.05) is 18.6 Å². The largest absolute Gasteiger partial charge is 0.314 e. The molecule has 0 aliphatic heterocycles. The highest BCUT2D eigenvalue weighted by atomic mass is 32.2. The lowest BCUT2D eigenvalue weighted by Gasteiger charge is -2.33. The number of nitrogens with zero attached hydrogens (tertiary/aromatic N) is 1. The van der Waals surface area contributed by atoms with Crippen LogP contribution in [0, 0.1) is 0 Å². The van der Waals surface area contributed by atoms with Crippen molar-refractivity contribution in [1.29, 1.82) is 0 Å². The molecule has 0 radical (unpaired) electrons. The highest BCUT2D eigenvalue weighted by Crippen LogP contribution is 2.28. The number of benzene rings is 1. The van der Waals surface area contributed by atoms with Crippen LogP contribution in [-0.4, -0.2) is 38.4 Å². The van der Waals surface area contributed by atoms with Crippen LogP contribution in [0.2, 0.25) is 0 Å². The zero-order valence-electron chi connectivity index (χ0n) is 12.6. The van der Waals surface area contributed by atoms with E-state index in [1.807, 2.05) is 12.1 Å². The zero-order valence-corrected chi connectivity index (χ0v) is 13.4. The Bertz CT molecular complexity index is 575. The van der Waals surface area contributed by atoms with Gasteiger partial charge in [0, 0.05) is 19.1 Å². The van der Waals surface area contributed by atoms with Crippen LogP contribution in [0.5, 0.6) is 0 Å². The lowest BCUT2D eigenvalue weighted by Crippen LogP contribution is -2.41. The number of rotatable bonds is 7. The van der Waals surface area contributed by atoms with E-state index < -0.39 is 10.0 Å².